The van der Waals surface area contributed by atoms with Crippen molar-refractivity contribution in [3.05, 3.63) is 63.9 Å². The highest BCUT2D eigenvalue weighted by Gasteiger charge is 2.30. The number of carbonyl (C=O) groups is 1. The van der Waals surface area contributed by atoms with E-state index in [-0.39, 0.29) is 11.9 Å². The highest BCUT2D eigenvalue weighted by Crippen LogP contribution is 2.29. The van der Waals surface area contributed by atoms with Gasteiger partial charge in [0.2, 0.25) is 5.91 Å². The summed E-state index contributed by atoms with van der Waals surface area (Å²) < 4.78 is 43.9. The topological polar surface area (TPSA) is 86.1 Å². The van der Waals surface area contributed by atoms with Gasteiger partial charge in [0.1, 0.15) is 17.8 Å². The summed E-state index contributed by atoms with van der Waals surface area (Å²) in [4.78, 5) is 24.8. The smallest absolute Gasteiger partial charge is 0.416 e. The normalized spacial score (nSPS) is 12.6. The highest BCUT2D eigenvalue weighted by atomic mass is 19.4. The van der Waals surface area contributed by atoms with Gasteiger partial charge in [0.15, 0.2) is 0 Å². The Morgan fingerprint density at radius 1 is 1.21 bits per heavy atom. The number of amides is 1. The lowest BCUT2D eigenvalue weighted by Gasteiger charge is -2.15. The summed E-state index contributed by atoms with van der Waals surface area (Å²) >= 11 is 0. The van der Waals surface area contributed by atoms with Gasteiger partial charge < -0.3 is 10.1 Å². The number of nitrogens with one attached hydrogen (secondary N) is 1. The van der Waals surface area contributed by atoms with Crippen LogP contribution in [0, 0.1) is 0 Å². The number of carbonyl (C=O) groups excluding carboxylic acids is 1. The molecule has 3 aromatic rings. The number of nitrogens with zero attached hydrogens (tertiary/aromatic N) is 3. The molecule has 10 heteroatoms. The van der Waals surface area contributed by atoms with Crippen LogP contribution >= 0.6 is 0 Å². The first-order chi connectivity index (χ1) is 13.7. The van der Waals surface area contributed by atoms with Crippen LogP contribution in [0.1, 0.15) is 24.1 Å². The molecule has 29 heavy (non-hydrogen) atoms. The van der Waals surface area contributed by atoms with Gasteiger partial charge in [-0.25, -0.2) is 4.68 Å². The molecular formula is C19H17F3N4O3. The van der Waals surface area contributed by atoms with Gasteiger partial charge in [-0.05, 0) is 36.8 Å². The van der Waals surface area contributed by atoms with Crippen molar-refractivity contribution in [3.63, 3.8) is 0 Å². The third kappa shape index (κ3) is 4.53. The Bertz CT molecular complexity index is 1090. The van der Waals surface area contributed by atoms with Gasteiger partial charge in [0.05, 0.1) is 24.1 Å². The van der Waals surface area contributed by atoms with Gasteiger partial charge in [-0.3, -0.25) is 9.59 Å². The molecule has 0 radical (unpaired) electrons. The van der Waals surface area contributed by atoms with Crippen LogP contribution < -0.4 is 15.6 Å². The van der Waals surface area contributed by atoms with Gasteiger partial charge in [-0.1, -0.05) is 17.3 Å². The molecule has 1 amide bonds. The van der Waals surface area contributed by atoms with Crippen LogP contribution in [0.2, 0.25) is 0 Å². The summed E-state index contributed by atoms with van der Waals surface area (Å²) in [6.45, 7) is 1.25. The van der Waals surface area contributed by atoms with Crippen molar-refractivity contribution in [3.8, 4) is 5.75 Å². The quantitative estimate of drug-likeness (QED) is 0.704. The molecule has 152 valence electrons. The first-order valence-corrected chi connectivity index (χ1v) is 8.57. The molecular weight excluding hydrogens is 389 g/mol. The largest absolute Gasteiger partial charge is 0.497 e. The Labute approximate surface area is 163 Å². The van der Waals surface area contributed by atoms with Gasteiger partial charge in [0, 0.05) is 6.07 Å². The fraction of sp³-hybridized carbons (Fsp3) is 0.263. The molecule has 0 fully saturated rings. The van der Waals surface area contributed by atoms with E-state index in [1.54, 1.807) is 19.1 Å². The summed E-state index contributed by atoms with van der Waals surface area (Å²) in [5.74, 6) is -0.00582. The van der Waals surface area contributed by atoms with E-state index in [2.05, 4.69) is 15.6 Å². The van der Waals surface area contributed by atoms with Crippen LogP contribution in [0.25, 0.3) is 10.9 Å². The lowest BCUT2D eigenvalue weighted by molar-refractivity contribution is -0.137. The van der Waals surface area contributed by atoms with Crippen molar-refractivity contribution in [2.75, 3.05) is 7.11 Å². The molecule has 1 N–H and O–H groups in total. The molecule has 3 rings (SSSR count). The van der Waals surface area contributed by atoms with Gasteiger partial charge in [0.25, 0.3) is 5.56 Å². The van der Waals surface area contributed by atoms with Crippen molar-refractivity contribution in [2.24, 2.45) is 0 Å². The third-order valence-corrected chi connectivity index (χ3v) is 4.34. The molecule has 7 nitrogen and oxygen atoms in total. The molecule has 0 aliphatic carbocycles. The first kappa shape index (κ1) is 20.3. The molecule has 0 bridgehead atoms. The van der Waals surface area contributed by atoms with Crippen LogP contribution in [0.15, 0.2) is 47.3 Å². The minimum Gasteiger partial charge on any atom is -0.497 e. The van der Waals surface area contributed by atoms with E-state index in [9.17, 15) is 22.8 Å². The predicted octanol–water partition coefficient (Wildman–Crippen LogP) is 2.70. The van der Waals surface area contributed by atoms with Crippen LogP contribution in [-0.4, -0.2) is 28.0 Å². The Kier molecular flexibility index (Phi) is 5.53. The summed E-state index contributed by atoms with van der Waals surface area (Å²) in [5.41, 5.74) is -0.427. The predicted molar refractivity (Wildman–Crippen MR) is 98.4 cm³/mol. The number of hydrogen-bond acceptors (Lipinski definition) is 5. The highest BCUT2D eigenvalue weighted by molar-refractivity contribution is 5.79. The molecule has 2 aromatic carbocycles. The number of alkyl halides is 3. The fourth-order valence-electron chi connectivity index (χ4n) is 2.75. The number of halogens is 3. The van der Waals surface area contributed by atoms with Crippen LogP contribution in [0.5, 0.6) is 5.75 Å². The van der Waals surface area contributed by atoms with E-state index in [1.807, 2.05) is 0 Å². The van der Waals surface area contributed by atoms with Crippen LogP contribution in [0.4, 0.5) is 13.2 Å². The molecule has 0 aliphatic heterocycles. The second kappa shape index (κ2) is 7.90. The minimum absolute atomic E-state index is 0.282. The van der Waals surface area contributed by atoms with Crippen molar-refractivity contribution < 1.29 is 22.7 Å². The average Bonchev–Trinajstić information content (AvgIpc) is 2.69. The zero-order valence-electron chi connectivity index (χ0n) is 15.5. The lowest BCUT2D eigenvalue weighted by Crippen LogP contribution is -2.35. The Morgan fingerprint density at radius 3 is 2.52 bits per heavy atom. The van der Waals surface area contributed by atoms with E-state index >= 15 is 0 Å². The number of hydrogen-bond donors (Lipinski definition) is 1. The molecule has 0 saturated carbocycles. The van der Waals surface area contributed by atoms with E-state index in [0.717, 1.165) is 16.8 Å². The molecule has 0 spiro atoms. The number of benzene rings is 2. The minimum atomic E-state index is -4.43. The zero-order chi connectivity index (χ0) is 21.2. The molecule has 1 atom stereocenters. The number of methoxy groups -OCH3 is 1. The van der Waals surface area contributed by atoms with Crippen LogP contribution in [0.3, 0.4) is 0 Å². The maximum absolute atomic E-state index is 12.6. The van der Waals surface area contributed by atoms with Crippen molar-refractivity contribution in [1.82, 2.24) is 20.3 Å². The average molecular weight is 406 g/mol. The second-order valence-electron chi connectivity index (χ2n) is 6.34. The number of fused-ring (bicyclic) bond motifs is 1. The number of ether oxygens (including phenoxy) is 1. The molecule has 0 saturated heterocycles. The Morgan fingerprint density at radius 2 is 1.90 bits per heavy atom. The monoisotopic (exact) mass is 406 g/mol. The van der Waals surface area contributed by atoms with Crippen molar-refractivity contribution in [2.45, 2.75) is 25.7 Å². The van der Waals surface area contributed by atoms with Gasteiger partial charge in [-0.2, -0.15) is 13.2 Å². The SMILES string of the molecule is COc1ccc2c(=O)n(CC(=O)NC(C)c3ccc(C(F)(F)F)cc3)nnc2c1. The van der Waals surface area contributed by atoms with E-state index in [0.29, 0.717) is 16.8 Å². The summed E-state index contributed by atoms with van der Waals surface area (Å²) in [7, 11) is 1.48. The fourth-order valence-corrected chi connectivity index (χ4v) is 2.75. The van der Waals surface area contributed by atoms with Gasteiger partial charge in [-0.15, -0.1) is 5.10 Å². The van der Waals surface area contributed by atoms with E-state index in [1.165, 1.54) is 25.3 Å². The molecule has 1 unspecified atom stereocenters. The molecule has 0 aliphatic rings. The first-order valence-electron chi connectivity index (χ1n) is 8.57. The third-order valence-electron chi connectivity index (χ3n) is 4.34. The van der Waals surface area contributed by atoms with E-state index < -0.39 is 29.2 Å². The summed E-state index contributed by atoms with van der Waals surface area (Å²) in [6, 6.07) is 8.62. The Hall–Kier alpha value is -3.43. The maximum Gasteiger partial charge on any atom is 0.416 e. The number of aromatic nitrogens is 3. The summed E-state index contributed by atoms with van der Waals surface area (Å²) in [6.07, 6.45) is -4.43. The van der Waals surface area contributed by atoms with E-state index in [4.69, 9.17) is 4.74 Å². The molecule has 1 heterocycles. The second-order valence-corrected chi connectivity index (χ2v) is 6.34. The zero-order valence-corrected chi connectivity index (χ0v) is 15.5. The van der Waals surface area contributed by atoms with Crippen molar-refractivity contribution in [1.29, 1.82) is 0 Å². The standard InChI is InChI=1S/C19H17F3N4O3/c1-11(12-3-5-13(6-4-12)19(20,21)22)23-17(27)10-26-18(28)15-8-7-14(29-2)9-16(15)24-25-26/h3-9,11H,10H2,1-2H3,(H,23,27). The maximum atomic E-state index is 12.6. The van der Waals surface area contributed by atoms with Gasteiger partial charge >= 0.3 is 6.18 Å². The Balaban J connectivity index is 1.72. The molecule has 1 aromatic heterocycles. The number of rotatable bonds is 5. The van der Waals surface area contributed by atoms with Crippen molar-refractivity contribution >= 4 is 16.8 Å². The summed E-state index contributed by atoms with van der Waals surface area (Å²) in [5, 5.41) is 10.6. The van der Waals surface area contributed by atoms with Crippen LogP contribution in [-0.2, 0) is 17.5 Å². The lowest BCUT2D eigenvalue weighted by atomic mass is 10.1.